The summed E-state index contributed by atoms with van der Waals surface area (Å²) in [5, 5.41) is 20.8. The van der Waals surface area contributed by atoms with Crippen LogP contribution in [0.2, 0.25) is 0 Å². The zero-order valence-corrected chi connectivity index (χ0v) is 19.6. The quantitative estimate of drug-likeness (QED) is 0.406. The molecule has 0 fully saturated rings. The SMILES string of the molecule is COc1ccc(CCn2c(C)cc3oc(=O)c(Sc4ccccc4O)c(O)c3c2=O)cc1OC. The molecule has 0 atom stereocenters. The van der Waals surface area contributed by atoms with Gasteiger partial charge >= 0.3 is 5.63 Å². The van der Waals surface area contributed by atoms with Gasteiger partial charge in [-0.2, -0.15) is 0 Å². The second-order valence-corrected chi connectivity index (χ2v) is 8.61. The van der Waals surface area contributed by atoms with Crippen molar-refractivity contribution in [2.45, 2.75) is 29.7 Å². The van der Waals surface area contributed by atoms with Crippen molar-refractivity contribution in [1.29, 1.82) is 0 Å². The molecule has 2 aromatic heterocycles. The molecule has 176 valence electrons. The number of nitrogens with zero attached hydrogens (tertiary/aromatic N) is 1. The zero-order chi connectivity index (χ0) is 24.4. The molecule has 0 aliphatic carbocycles. The highest BCUT2D eigenvalue weighted by Crippen LogP contribution is 2.38. The first-order valence-corrected chi connectivity index (χ1v) is 11.2. The maximum absolute atomic E-state index is 13.3. The number of aromatic hydroxyl groups is 2. The van der Waals surface area contributed by atoms with Crippen LogP contribution in [-0.2, 0) is 13.0 Å². The van der Waals surface area contributed by atoms with Crippen LogP contribution in [0, 0.1) is 6.92 Å². The lowest BCUT2D eigenvalue weighted by Crippen LogP contribution is -2.24. The fourth-order valence-corrected chi connectivity index (χ4v) is 4.56. The molecule has 0 spiro atoms. The average Bonchev–Trinajstić information content (AvgIpc) is 2.82. The maximum atomic E-state index is 13.3. The molecule has 0 aliphatic rings. The van der Waals surface area contributed by atoms with E-state index in [9.17, 15) is 19.8 Å². The van der Waals surface area contributed by atoms with Crippen LogP contribution in [0.3, 0.4) is 0 Å². The van der Waals surface area contributed by atoms with Crippen LogP contribution in [0.4, 0.5) is 0 Å². The molecule has 0 radical (unpaired) electrons. The number of aromatic nitrogens is 1. The van der Waals surface area contributed by atoms with Crippen molar-refractivity contribution in [2.75, 3.05) is 14.2 Å². The fourth-order valence-electron chi connectivity index (χ4n) is 3.69. The summed E-state index contributed by atoms with van der Waals surface area (Å²) >= 11 is 0.839. The summed E-state index contributed by atoms with van der Waals surface area (Å²) in [6.07, 6.45) is 0.518. The summed E-state index contributed by atoms with van der Waals surface area (Å²) in [6, 6.07) is 13.5. The lowest BCUT2D eigenvalue weighted by molar-refractivity contribution is 0.354. The second-order valence-electron chi connectivity index (χ2n) is 7.56. The Labute approximate surface area is 199 Å². The molecule has 8 nitrogen and oxygen atoms in total. The molecular formula is C25H23NO7S. The molecular weight excluding hydrogens is 458 g/mol. The Hall–Kier alpha value is -3.85. The van der Waals surface area contributed by atoms with E-state index in [-0.39, 0.29) is 21.6 Å². The van der Waals surface area contributed by atoms with Crippen molar-refractivity contribution < 1.29 is 24.1 Å². The molecule has 0 amide bonds. The van der Waals surface area contributed by atoms with Gasteiger partial charge in [0, 0.05) is 18.3 Å². The molecule has 2 heterocycles. The van der Waals surface area contributed by atoms with E-state index in [0.29, 0.717) is 35.1 Å². The number of aryl methyl sites for hydroxylation is 2. The van der Waals surface area contributed by atoms with Gasteiger partial charge in [0.25, 0.3) is 5.56 Å². The van der Waals surface area contributed by atoms with E-state index in [1.54, 1.807) is 51.5 Å². The molecule has 9 heteroatoms. The number of para-hydroxylation sites is 1. The molecule has 4 rings (SSSR count). The number of hydrogen-bond donors (Lipinski definition) is 2. The first-order chi connectivity index (χ1) is 16.3. The van der Waals surface area contributed by atoms with Gasteiger partial charge in [0.1, 0.15) is 21.6 Å². The Kier molecular flexibility index (Phi) is 6.56. The van der Waals surface area contributed by atoms with Gasteiger partial charge in [0.05, 0.1) is 19.1 Å². The number of pyridine rings is 1. The third-order valence-corrected chi connectivity index (χ3v) is 6.59. The molecule has 0 aliphatic heterocycles. The van der Waals surface area contributed by atoms with E-state index in [0.717, 1.165) is 17.3 Å². The van der Waals surface area contributed by atoms with Gasteiger partial charge in [0.2, 0.25) is 0 Å². The molecule has 2 N–H and O–H groups in total. The standard InChI is InChI=1S/C25H23NO7S/c1-14-12-19-21(22(28)23(25(30)33-19)34-20-7-5-4-6-16(20)27)24(29)26(14)11-10-15-8-9-17(31-2)18(13-15)32-3/h4-9,12-13,27-28H,10-11H2,1-3H3. The van der Waals surface area contributed by atoms with E-state index < -0.39 is 16.9 Å². The summed E-state index contributed by atoms with van der Waals surface area (Å²) in [5.74, 6) is 0.680. The smallest absolute Gasteiger partial charge is 0.354 e. The number of methoxy groups -OCH3 is 2. The van der Waals surface area contributed by atoms with Gasteiger partial charge in [-0.05, 0) is 43.2 Å². The fraction of sp³-hybridized carbons (Fsp3) is 0.200. The molecule has 2 aromatic carbocycles. The normalized spacial score (nSPS) is 11.0. The first-order valence-electron chi connectivity index (χ1n) is 10.4. The number of phenolic OH excluding ortho intramolecular Hbond substituents is 1. The molecule has 34 heavy (non-hydrogen) atoms. The van der Waals surface area contributed by atoms with Crippen LogP contribution in [0.25, 0.3) is 11.0 Å². The summed E-state index contributed by atoms with van der Waals surface area (Å²) in [7, 11) is 3.12. The average molecular weight is 482 g/mol. The van der Waals surface area contributed by atoms with Crippen molar-refractivity contribution in [2.24, 2.45) is 0 Å². The van der Waals surface area contributed by atoms with Gasteiger partial charge in [-0.15, -0.1) is 0 Å². The Morgan fingerprint density at radius 1 is 1.00 bits per heavy atom. The van der Waals surface area contributed by atoms with Gasteiger partial charge in [-0.3, -0.25) is 4.79 Å². The van der Waals surface area contributed by atoms with Crippen LogP contribution in [-0.4, -0.2) is 29.0 Å². The van der Waals surface area contributed by atoms with E-state index in [2.05, 4.69) is 0 Å². The minimum atomic E-state index is -0.792. The molecule has 0 saturated heterocycles. The Bertz CT molecular complexity index is 1490. The molecule has 0 saturated carbocycles. The maximum Gasteiger partial charge on any atom is 0.354 e. The van der Waals surface area contributed by atoms with Crippen molar-refractivity contribution >= 4 is 22.7 Å². The molecule has 0 unspecified atom stereocenters. The highest BCUT2D eigenvalue weighted by Gasteiger charge is 2.21. The van der Waals surface area contributed by atoms with Crippen molar-refractivity contribution in [3.8, 4) is 23.0 Å². The molecule has 0 bridgehead atoms. The van der Waals surface area contributed by atoms with Crippen LogP contribution < -0.4 is 20.7 Å². The monoisotopic (exact) mass is 481 g/mol. The van der Waals surface area contributed by atoms with Crippen LogP contribution in [0.5, 0.6) is 23.0 Å². The summed E-state index contributed by atoms with van der Waals surface area (Å²) in [6.45, 7) is 2.06. The number of fused-ring (bicyclic) bond motifs is 1. The predicted molar refractivity (Wildman–Crippen MR) is 129 cm³/mol. The Balaban J connectivity index is 1.74. The lowest BCUT2D eigenvalue weighted by atomic mass is 10.1. The van der Waals surface area contributed by atoms with Gasteiger partial charge in [0.15, 0.2) is 17.2 Å². The number of ether oxygens (including phenoxy) is 2. The van der Waals surface area contributed by atoms with Crippen LogP contribution in [0.1, 0.15) is 11.3 Å². The number of benzene rings is 2. The first kappa shape index (κ1) is 23.3. The number of hydrogen-bond acceptors (Lipinski definition) is 8. The van der Waals surface area contributed by atoms with E-state index in [1.807, 2.05) is 12.1 Å². The lowest BCUT2D eigenvalue weighted by Gasteiger charge is -2.14. The van der Waals surface area contributed by atoms with Gasteiger partial charge < -0.3 is 28.7 Å². The third-order valence-electron chi connectivity index (χ3n) is 5.46. The summed E-state index contributed by atoms with van der Waals surface area (Å²) < 4.78 is 17.5. The summed E-state index contributed by atoms with van der Waals surface area (Å²) in [5.41, 5.74) is 0.260. The van der Waals surface area contributed by atoms with Gasteiger partial charge in [-0.1, -0.05) is 30.0 Å². The van der Waals surface area contributed by atoms with Crippen LogP contribution in [0.15, 0.2) is 72.3 Å². The second kappa shape index (κ2) is 9.56. The highest BCUT2D eigenvalue weighted by molar-refractivity contribution is 7.99. The largest absolute Gasteiger partial charge is 0.507 e. The van der Waals surface area contributed by atoms with Crippen molar-refractivity contribution in [1.82, 2.24) is 4.57 Å². The van der Waals surface area contributed by atoms with E-state index >= 15 is 0 Å². The minimum Gasteiger partial charge on any atom is -0.507 e. The summed E-state index contributed by atoms with van der Waals surface area (Å²) in [4.78, 5) is 26.1. The topological polar surface area (TPSA) is 111 Å². The Morgan fingerprint density at radius 3 is 2.44 bits per heavy atom. The van der Waals surface area contributed by atoms with Crippen molar-refractivity contribution in [3.05, 3.63) is 80.6 Å². The third kappa shape index (κ3) is 4.34. The van der Waals surface area contributed by atoms with Gasteiger partial charge in [-0.25, -0.2) is 4.79 Å². The predicted octanol–water partition coefficient (Wildman–Crippen LogP) is 4.09. The van der Waals surface area contributed by atoms with E-state index in [1.165, 1.54) is 10.6 Å². The van der Waals surface area contributed by atoms with Crippen molar-refractivity contribution in [3.63, 3.8) is 0 Å². The number of phenols is 1. The highest BCUT2D eigenvalue weighted by atomic mass is 32.2. The minimum absolute atomic E-state index is 0.00833. The van der Waals surface area contributed by atoms with Crippen LogP contribution >= 0.6 is 11.8 Å². The molecule has 4 aromatic rings. The van der Waals surface area contributed by atoms with E-state index in [4.69, 9.17) is 13.9 Å². The Morgan fingerprint density at radius 2 is 1.74 bits per heavy atom. The zero-order valence-electron chi connectivity index (χ0n) is 18.8. The number of rotatable bonds is 7.